The second-order valence-corrected chi connectivity index (χ2v) is 10.2. The molecule has 0 aromatic heterocycles. The van der Waals surface area contributed by atoms with Crippen molar-refractivity contribution in [3.05, 3.63) is 0 Å². The zero-order chi connectivity index (χ0) is 17.3. The monoisotopic (exact) mass is 352 g/mol. The van der Waals surface area contributed by atoms with Gasteiger partial charge in [0.05, 0.1) is 0 Å². The minimum absolute atomic E-state index is 0.655. The van der Waals surface area contributed by atoms with Crippen LogP contribution in [-0.4, -0.2) is 11.0 Å². The molecule has 2 aliphatic rings. The van der Waals surface area contributed by atoms with Gasteiger partial charge >= 0.3 is 0 Å². The van der Waals surface area contributed by atoms with Crippen molar-refractivity contribution in [1.82, 2.24) is 0 Å². The first-order valence-corrected chi connectivity index (χ1v) is 12.5. The number of rotatable bonds is 10. The Kier molecular flexibility index (Phi) is 9.59. The Hall–Kier alpha value is 0.350. The van der Waals surface area contributed by atoms with Gasteiger partial charge in [-0.3, -0.25) is 0 Å². The lowest BCUT2D eigenvalue weighted by atomic mass is 9.68. The maximum atomic E-state index is 2.39. The molecule has 0 unspecified atom stereocenters. The van der Waals surface area contributed by atoms with Gasteiger partial charge in [-0.05, 0) is 69.0 Å². The number of thioether (sulfide) groups is 1. The standard InChI is InChI=1S/C23H44S/c1-4-6-7-8-9-17-23(24-3)18-15-22(16-19-23)21-13-11-20(10-5-2)12-14-21/h20-22H,4-19H2,1-3H3. The van der Waals surface area contributed by atoms with E-state index in [1.54, 1.807) is 38.5 Å². The van der Waals surface area contributed by atoms with Crippen LogP contribution >= 0.6 is 11.8 Å². The molecular formula is C23H44S. The molecule has 0 N–H and O–H groups in total. The smallest absolute Gasteiger partial charge is 0.0157 e. The first kappa shape index (κ1) is 20.7. The van der Waals surface area contributed by atoms with Gasteiger partial charge in [0.1, 0.15) is 0 Å². The largest absolute Gasteiger partial charge is 0.159 e. The van der Waals surface area contributed by atoms with Crippen molar-refractivity contribution in [1.29, 1.82) is 0 Å². The Morgan fingerprint density at radius 1 is 0.750 bits per heavy atom. The highest BCUT2D eigenvalue weighted by Gasteiger charge is 2.37. The molecule has 0 bridgehead atoms. The third-order valence-electron chi connectivity index (χ3n) is 7.37. The summed E-state index contributed by atoms with van der Waals surface area (Å²) in [4.78, 5) is 0. The van der Waals surface area contributed by atoms with E-state index >= 15 is 0 Å². The van der Waals surface area contributed by atoms with Crippen LogP contribution in [0.3, 0.4) is 0 Å². The highest BCUT2D eigenvalue weighted by molar-refractivity contribution is 8.00. The van der Waals surface area contributed by atoms with Gasteiger partial charge in [-0.1, -0.05) is 71.6 Å². The average Bonchev–Trinajstić information content (AvgIpc) is 2.63. The van der Waals surface area contributed by atoms with Crippen molar-refractivity contribution in [2.75, 3.05) is 6.26 Å². The third-order valence-corrected chi connectivity index (χ3v) is 8.84. The topological polar surface area (TPSA) is 0 Å². The van der Waals surface area contributed by atoms with Gasteiger partial charge in [0.2, 0.25) is 0 Å². The molecule has 2 aliphatic carbocycles. The maximum Gasteiger partial charge on any atom is 0.0157 e. The minimum Gasteiger partial charge on any atom is -0.159 e. The molecular weight excluding hydrogens is 308 g/mol. The summed E-state index contributed by atoms with van der Waals surface area (Å²) >= 11 is 2.21. The van der Waals surface area contributed by atoms with Crippen LogP contribution in [0.5, 0.6) is 0 Å². The van der Waals surface area contributed by atoms with Gasteiger partial charge in [-0.2, -0.15) is 11.8 Å². The van der Waals surface area contributed by atoms with Gasteiger partial charge in [0.25, 0.3) is 0 Å². The molecule has 24 heavy (non-hydrogen) atoms. The third kappa shape index (κ3) is 6.26. The van der Waals surface area contributed by atoms with Gasteiger partial charge in [0, 0.05) is 4.75 Å². The number of unbranched alkanes of at least 4 members (excludes halogenated alkanes) is 4. The molecule has 0 radical (unpaired) electrons. The van der Waals surface area contributed by atoms with Crippen molar-refractivity contribution < 1.29 is 0 Å². The summed E-state index contributed by atoms with van der Waals surface area (Å²) in [5.74, 6) is 3.23. The average molecular weight is 353 g/mol. The molecule has 0 aliphatic heterocycles. The van der Waals surface area contributed by atoms with E-state index in [2.05, 4.69) is 31.9 Å². The maximum absolute atomic E-state index is 2.39. The fraction of sp³-hybridized carbons (Fsp3) is 1.00. The fourth-order valence-corrected chi connectivity index (χ4v) is 6.59. The summed E-state index contributed by atoms with van der Waals surface area (Å²) in [5.41, 5.74) is 0. The summed E-state index contributed by atoms with van der Waals surface area (Å²) in [6.45, 7) is 4.68. The summed E-state index contributed by atoms with van der Waals surface area (Å²) in [7, 11) is 0. The zero-order valence-electron chi connectivity index (χ0n) is 17.0. The Morgan fingerprint density at radius 3 is 1.96 bits per heavy atom. The van der Waals surface area contributed by atoms with Gasteiger partial charge < -0.3 is 0 Å². The van der Waals surface area contributed by atoms with E-state index in [1.807, 2.05) is 0 Å². The summed E-state index contributed by atoms with van der Waals surface area (Å²) in [5, 5.41) is 0. The van der Waals surface area contributed by atoms with Crippen molar-refractivity contribution in [2.45, 2.75) is 121 Å². The minimum atomic E-state index is 0.655. The molecule has 2 fully saturated rings. The highest BCUT2D eigenvalue weighted by Crippen LogP contribution is 2.48. The molecule has 2 rings (SSSR count). The van der Waals surface area contributed by atoms with Crippen LogP contribution in [0.2, 0.25) is 0 Å². The molecule has 142 valence electrons. The van der Waals surface area contributed by atoms with Gasteiger partial charge in [0.15, 0.2) is 0 Å². The van der Waals surface area contributed by atoms with Gasteiger partial charge in [-0.25, -0.2) is 0 Å². The van der Waals surface area contributed by atoms with Crippen LogP contribution in [0.15, 0.2) is 0 Å². The Bertz CT molecular complexity index is 308. The highest BCUT2D eigenvalue weighted by atomic mass is 32.2. The molecule has 0 nitrogen and oxygen atoms in total. The van der Waals surface area contributed by atoms with Crippen LogP contribution < -0.4 is 0 Å². The molecule has 1 heteroatoms. The first-order valence-electron chi connectivity index (χ1n) is 11.3. The van der Waals surface area contributed by atoms with Gasteiger partial charge in [-0.15, -0.1) is 0 Å². The molecule has 0 spiro atoms. The molecule has 0 amide bonds. The van der Waals surface area contributed by atoms with E-state index in [0.717, 1.165) is 17.8 Å². The number of hydrogen-bond donors (Lipinski definition) is 0. The van der Waals surface area contributed by atoms with Crippen molar-refractivity contribution in [3.8, 4) is 0 Å². The van der Waals surface area contributed by atoms with E-state index in [1.165, 1.54) is 64.2 Å². The SMILES string of the molecule is CCCCCCCC1(SC)CCC(C2CCC(CCC)CC2)CC1. The van der Waals surface area contributed by atoms with Crippen LogP contribution in [0.25, 0.3) is 0 Å². The second kappa shape index (κ2) is 11.1. The predicted octanol–water partition coefficient (Wildman–Crippen LogP) is 8.25. The normalized spacial score (nSPS) is 34.4. The molecule has 0 aromatic carbocycles. The lowest BCUT2D eigenvalue weighted by Gasteiger charge is -2.43. The van der Waals surface area contributed by atoms with Crippen molar-refractivity contribution in [2.24, 2.45) is 17.8 Å². The summed E-state index contributed by atoms with van der Waals surface area (Å²) in [6.07, 6.45) is 26.3. The zero-order valence-corrected chi connectivity index (χ0v) is 17.8. The molecule has 0 heterocycles. The number of hydrogen-bond acceptors (Lipinski definition) is 1. The van der Waals surface area contributed by atoms with Crippen LogP contribution in [0.4, 0.5) is 0 Å². The molecule has 0 aromatic rings. The quantitative estimate of drug-likeness (QED) is 0.357. The lowest BCUT2D eigenvalue weighted by Crippen LogP contribution is -2.34. The van der Waals surface area contributed by atoms with E-state index in [9.17, 15) is 0 Å². The fourth-order valence-electron chi connectivity index (χ4n) is 5.60. The molecule has 0 saturated heterocycles. The summed E-state index contributed by atoms with van der Waals surface area (Å²) < 4.78 is 0.655. The lowest BCUT2D eigenvalue weighted by molar-refractivity contribution is 0.148. The van der Waals surface area contributed by atoms with Crippen molar-refractivity contribution >= 4 is 11.8 Å². The Balaban J connectivity index is 1.69. The first-order chi connectivity index (χ1) is 11.7. The van der Waals surface area contributed by atoms with Crippen LogP contribution in [0.1, 0.15) is 117 Å². The second-order valence-electron chi connectivity index (χ2n) is 8.96. The van der Waals surface area contributed by atoms with E-state index in [4.69, 9.17) is 0 Å². The summed E-state index contributed by atoms with van der Waals surface area (Å²) in [6, 6.07) is 0. The van der Waals surface area contributed by atoms with Crippen LogP contribution in [0, 0.1) is 17.8 Å². The van der Waals surface area contributed by atoms with Crippen molar-refractivity contribution in [3.63, 3.8) is 0 Å². The van der Waals surface area contributed by atoms with E-state index in [0.29, 0.717) is 4.75 Å². The van der Waals surface area contributed by atoms with E-state index < -0.39 is 0 Å². The Labute approximate surface area is 157 Å². The predicted molar refractivity (Wildman–Crippen MR) is 112 cm³/mol. The van der Waals surface area contributed by atoms with E-state index in [-0.39, 0.29) is 0 Å². The molecule has 0 atom stereocenters. The van der Waals surface area contributed by atoms with Crippen LogP contribution in [-0.2, 0) is 0 Å². The Morgan fingerprint density at radius 2 is 1.38 bits per heavy atom. The molecule has 2 saturated carbocycles.